The Labute approximate surface area is 94.9 Å². The molecule has 0 aliphatic carbocycles. The molecule has 0 spiro atoms. The number of benzene rings is 1. The molecule has 78 valence electrons. The van der Waals surface area contributed by atoms with Crippen LogP contribution in [0, 0.1) is 5.82 Å². The van der Waals surface area contributed by atoms with E-state index in [2.05, 4.69) is 31.2 Å². The fourth-order valence-corrected chi connectivity index (χ4v) is 1.65. The van der Waals surface area contributed by atoms with Gasteiger partial charge in [-0.1, -0.05) is 15.9 Å². The molecule has 0 saturated carbocycles. The summed E-state index contributed by atoms with van der Waals surface area (Å²) < 4.78 is 14.3. The van der Waals surface area contributed by atoms with Crippen LogP contribution in [0.2, 0.25) is 0 Å². The molecule has 1 heterocycles. The molecule has 0 radical (unpaired) electrons. The summed E-state index contributed by atoms with van der Waals surface area (Å²) in [5.41, 5.74) is 1.15. The lowest BCUT2D eigenvalue weighted by molar-refractivity contribution is 0.630. The number of aromatic amines is 1. The lowest BCUT2D eigenvalue weighted by Gasteiger charge is -2.00. The van der Waals surface area contributed by atoms with E-state index in [1.165, 1.54) is 6.07 Å². The van der Waals surface area contributed by atoms with Gasteiger partial charge < -0.3 is 10.3 Å². The quantitative estimate of drug-likeness (QED) is 0.880. The summed E-state index contributed by atoms with van der Waals surface area (Å²) >= 11 is 3.30. The number of aromatic nitrogens is 2. The van der Waals surface area contributed by atoms with Gasteiger partial charge in [-0.25, -0.2) is 9.37 Å². The third kappa shape index (κ3) is 2.02. The molecule has 2 rings (SSSR count). The Kier molecular flexibility index (Phi) is 2.73. The van der Waals surface area contributed by atoms with E-state index in [1.807, 2.05) is 0 Å². The van der Waals surface area contributed by atoms with Gasteiger partial charge >= 0.3 is 0 Å². The maximum atomic E-state index is 13.5. The Morgan fingerprint density at radius 3 is 2.93 bits per heavy atom. The topological polar surface area (TPSA) is 40.7 Å². The minimum Gasteiger partial charge on any atom is -0.359 e. The minimum atomic E-state index is -0.274. The number of nitrogens with one attached hydrogen (secondary N) is 2. The molecule has 3 nitrogen and oxygen atoms in total. The van der Waals surface area contributed by atoms with Gasteiger partial charge in [0, 0.05) is 17.1 Å². The number of hydrogen-bond donors (Lipinski definition) is 2. The highest BCUT2D eigenvalue weighted by molar-refractivity contribution is 9.10. The molecule has 1 aromatic heterocycles. The SMILES string of the molecule is CNc1ncc(-c2cc(Br)ccc2F)[nH]1. The maximum absolute atomic E-state index is 13.5. The van der Waals surface area contributed by atoms with Gasteiger partial charge in [0.2, 0.25) is 0 Å². The van der Waals surface area contributed by atoms with Gasteiger partial charge in [0.05, 0.1) is 11.9 Å². The second-order valence-electron chi connectivity index (χ2n) is 3.02. The molecule has 5 heteroatoms. The smallest absolute Gasteiger partial charge is 0.200 e. The summed E-state index contributed by atoms with van der Waals surface area (Å²) in [6, 6.07) is 4.79. The first-order chi connectivity index (χ1) is 7.20. The van der Waals surface area contributed by atoms with Gasteiger partial charge in [0.1, 0.15) is 5.82 Å². The van der Waals surface area contributed by atoms with Crippen LogP contribution in [-0.4, -0.2) is 17.0 Å². The van der Waals surface area contributed by atoms with Crippen molar-refractivity contribution in [1.29, 1.82) is 0 Å². The van der Waals surface area contributed by atoms with Crippen molar-refractivity contribution in [2.45, 2.75) is 0 Å². The number of hydrogen-bond acceptors (Lipinski definition) is 2. The molecule has 0 atom stereocenters. The highest BCUT2D eigenvalue weighted by Crippen LogP contribution is 2.25. The van der Waals surface area contributed by atoms with Crippen LogP contribution in [-0.2, 0) is 0 Å². The number of H-pyrrole nitrogens is 1. The van der Waals surface area contributed by atoms with Crippen LogP contribution >= 0.6 is 15.9 Å². The maximum Gasteiger partial charge on any atom is 0.200 e. The molecule has 15 heavy (non-hydrogen) atoms. The Balaban J connectivity index is 2.48. The summed E-state index contributed by atoms with van der Waals surface area (Å²) in [6.07, 6.45) is 1.59. The molecule has 0 saturated heterocycles. The van der Waals surface area contributed by atoms with Crippen molar-refractivity contribution in [3.8, 4) is 11.3 Å². The van der Waals surface area contributed by atoms with E-state index in [0.717, 1.165) is 4.47 Å². The summed E-state index contributed by atoms with van der Waals surface area (Å²) in [5, 5.41) is 2.85. The summed E-state index contributed by atoms with van der Waals surface area (Å²) in [5.74, 6) is 0.342. The number of halogens is 2. The Morgan fingerprint density at radius 1 is 1.47 bits per heavy atom. The first-order valence-corrected chi connectivity index (χ1v) is 5.18. The first kappa shape index (κ1) is 10.2. The molecule has 0 aliphatic rings. The van der Waals surface area contributed by atoms with Gasteiger partial charge in [0.25, 0.3) is 0 Å². The number of rotatable bonds is 2. The van der Waals surface area contributed by atoms with Crippen LogP contribution in [0.15, 0.2) is 28.9 Å². The van der Waals surface area contributed by atoms with Crippen LogP contribution in [0.4, 0.5) is 10.3 Å². The zero-order chi connectivity index (χ0) is 10.8. The molecule has 0 aliphatic heterocycles. The predicted octanol–water partition coefficient (Wildman–Crippen LogP) is 3.02. The average Bonchev–Trinajstić information content (AvgIpc) is 2.70. The minimum absolute atomic E-state index is 0.274. The second-order valence-corrected chi connectivity index (χ2v) is 3.94. The van der Waals surface area contributed by atoms with Gasteiger partial charge in [-0.05, 0) is 18.2 Å². The summed E-state index contributed by atoms with van der Waals surface area (Å²) in [7, 11) is 1.75. The van der Waals surface area contributed by atoms with Crippen LogP contribution < -0.4 is 5.32 Å². The van der Waals surface area contributed by atoms with Crippen LogP contribution in [0.25, 0.3) is 11.3 Å². The third-order valence-electron chi connectivity index (χ3n) is 2.03. The first-order valence-electron chi connectivity index (χ1n) is 4.39. The lowest BCUT2D eigenvalue weighted by Crippen LogP contribution is -1.89. The van der Waals surface area contributed by atoms with E-state index in [1.54, 1.807) is 25.4 Å². The van der Waals surface area contributed by atoms with E-state index in [4.69, 9.17) is 0 Å². The molecular weight excluding hydrogens is 261 g/mol. The molecule has 1 aromatic carbocycles. The van der Waals surface area contributed by atoms with Crippen LogP contribution in [0.3, 0.4) is 0 Å². The van der Waals surface area contributed by atoms with Gasteiger partial charge in [-0.2, -0.15) is 0 Å². The van der Waals surface area contributed by atoms with Crippen molar-refractivity contribution in [1.82, 2.24) is 9.97 Å². The Hall–Kier alpha value is -1.36. The normalized spacial score (nSPS) is 10.3. The van der Waals surface area contributed by atoms with E-state index in [-0.39, 0.29) is 5.82 Å². The van der Waals surface area contributed by atoms with Crippen molar-refractivity contribution in [2.75, 3.05) is 12.4 Å². The third-order valence-corrected chi connectivity index (χ3v) is 2.52. The molecule has 2 aromatic rings. The molecule has 0 fully saturated rings. The standard InChI is InChI=1S/C10H9BrFN3/c1-13-10-14-5-9(15-10)7-4-6(11)2-3-8(7)12/h2-5H,1H3,(H2,13,14,15). The second kappa shape index (κ2) is 4.02. The van der Waals surface area contributed by atoms with Crippen molar-refractivity contribution in [3.05, 3.63) is 34.7 Å². The summed E-state index contributed by atoms with van der Waals surface area (Å²) in [4.78, 5) is 7.00. The molecule has 2 N–H and O–H groups in total. The molecule has 0 amide bonds. The van der Waals surface area contributed by atoms with Crippen molar-refractivity contribution in [3.63, 3.8) is 0 Å². The van der Waals surface area contributed by atoms with E-state index in [0.29, 0.717) is 17.2 Å². The van der Waals surface area contributed by atoms with Crippen LogP contribution in [0.1, 0.15) is 0 Å². The Morgan fingerprint density at radius 2 is 2.27 bits per heavy atom. The van der Waals surface area contributed by atoms with Gasteiger partial charge in [-0.3, -0.25) is 0 Å². The zero-order valence-electron chi connectivity index (χ0n) is 8.01. The number of imidazole rings is 1. The van der Waals surface area contributed by atoms with Crippen molar-refractivity contribution < 1.29 is 4.39 Å². The monoisotopic (exact) mass is 269 g/mol. The molecular formula is C10H9BrFN3. The largest absolute Gasteiger partial charge is 0.359 e. The van der Waals surface area contributed by atoms with Crippen molar-refractivity contribution in [2.24, 2.45) is 0 Å². The van der Waals surface area contributed by atoms with Crippen molar-refractivity contribution >= 4 is 21.9 Å². The Bertz CT molecular complexity index is 481. The van der Waals surface area contributed by atoms with Gasteiger partial charge in [-0.15, -0.1) is 0 Å². The van der Waals surface area contributed by atoms with E-state index in [9.17, 15) is 4.39 Å². The van der Waals surface area contributed by atoms with E-state index < -0.39 is 0 Å². The fourth-order valence-electron chi connectivity index (χ4n) is 1.29. The highest BCUT2D eigenvalue weighted by Gasteiger charge is 2.08. The summed E-state index contributed by atoms with van der Waals surface area (Å²) in [6.45, 7) is 0. The molecule has 0 unspecified atom stereocenters. The lowest BCUT2D eigenvalue weighted by atomic mass is 10.1. The van der Waals surface area contributed by atoms with Gasteiger partial charge in [0.15, 0.2) is 5.95 Å². The fraction of sp³-hybridized carbons (Fsp3) is 0.100. The predicted molar refractivity (Wildman–Crippen MR) is 61.2 cm³/mol. The molecule has 0 bridgehead atoms. The number of nitrogens with zero attached hydrogens (tertiary/aromatic N) is 1. The van der Waals surface area contributed by atoms with Crippen LogP contribution in [0.5, 0.6) is 0 Å². The van der Waals surface area contributed by atoms with E-state index >= 15 is 0 Å². The highest BCUT2D eigenvalue weighted by atomic mass is 79.9. The number of anilines is 1. The average molecular weight is 270 g/mol. The zero-order valence-corrected chi connectivity index (χ0v) is 9.60.